The summed E-state index contributed by atoms with van der Waals surface area (Å²) in [4.78, 5) is 0. The van der Waals surface area contributed by atoms with Crippen molar-refractivity contribution < 1.29 is 4.39 Å². The van der Waals surface area contributed by atoms with Crippen LogP contribution < -0.4 is 5.32 Å². The van der Waals surface area contributed by atoms with E-state index in [-0.39, 0.29) is 18.2 Å². The third-order valence-electron chi connectivity index (χ3n) is 2.65. The summed E-state index contributed by atoms with van der Waals surface area (Å²) in [6.45, 7) is 3.93. The van der Waals surface area contributed by atoms with E-state index in [1.54, 1.807) is 6.07 Å². The van der Waals surface area contributed by atoms with Crippen molar-refractivity contribution in [3.8, 4) is 0 Å². The molecule has 0 spiro atoms. The molecule has 1 aromatic rings. The lowest BCUT2D eigenvalue weighted by atomic mass is 9.96. The highest BCUT2D eigenvalue weighted by Gasteiger charge is 2.19. The Hall–Kier alpha value is -0.600. The third-order valence-corrected chi connectivity index (χ3v) is 2.65. The molecule has 0 aromatic heterocycles. The highest BCUT2D eigenvalue weighted by molar-refractivity contribution is 5.85. The zero-order valence-electron chi connectivity index (χ0n) is 8.22. The lowest BCUT2D eigenvalue weighted by Gasteiger charge is -2.10. The van der Waals surface area contributed by atoms with Gasteiger partial charge in [0.25, 0.3) is 0 Å². The van der Waals surface area contributed by atoms with E-state index < -0.39 is 0 Å². The van der Waals surface area contributed by atoms with Crippen molar-refractivity contribution in [1.82, 2.24) is 5.32 Å². The molecule has 0 bridgehead atoms. The van der Waals surface area contributed by atoms with Crippen molar-refractivity contribution in [3.05, 3.63) is 35.1 Å². The monoisotopic (exact) mass is 215 g/mol. The molecule has 1 unspecified atom stereocenters. The molecule has 1 saturated heterocycles. The number of nitrogens with one attached hydrogen (secondary N) is 1. The number of benzene rings is 1. The van der Waals surface area contributed by atoms with E-state index in [0.717, 1.165) is 30.6 Å². The molecular weight excluding hydrogens is 201 g/mol. The molecule has 78 valence electrons. The molecule has 1 fully saturated rings. The van der Waals surface area contributed by atoms with Crippen molar-refractivity contribution in [3.63, 3.8) is 0 Å². The van der Waals surface area contributed by atoms with Crippen LogP contribution >= 0.6 is 12.4 Å². The van der Waals surface area contributed by atoms with Gasteiger partial charge in [-0.1, -0.05) is 17.7 Å². The van der Waals surface area contributed by atoms with Gasteiger partial charge in [0.05, 0.1) is 0 Å². The molecule has 1 aliphatic heterocycles. The maximum Gasteiger partial charge on any atom is 0.126 e. The highest BCUT2D eigenvalue weighted by atomic mass is 35.5. The Bertz CT molecular complexity index is 308. The van der Waals surface area contributed by atoms with Crippen LogP contribution in [0.25, 0.3) is 0 Å². The molecule has 1 aliphatic rings. The summed E-state index contributed by atoms with van der Waals surface area (Å²) < 4.78 is 13.4. The van der Waals surface area contributed by atoms with Crippen LogP contribution in [0.3, 0.4) is 0 Å². The van der Waals surface area contributed by atoms with Gasteiger partial charge in [0, 0.05) is 12.5 Å². The SMILES string of the molecule is Cc1ccc(F)c(C2CCNC2)c1.Cl. The molecule has 0 radical (unpaired) electrons. The lowest BCUT2D eigenvalue weighted by Crippen LogP contribution is -2.09. The van der Waals surface area contributed by atoms with Crippen molar-refractivity contribution in [2.45, 2.75) is 19.3 Å². The smallest absolute Gasteiger partial charge is 0.126 e. The van der Waals surface area contributed by atoms with E-state index in [9.17, 15) is 4.39 Å². The van der Waals surface area contributed by atoms with Crippen LogP contribution in [0.15, 0.2) is 18.2 Å². The molecule has 2 rings (SSSR count). The van der Waals surface area contributed by atoms with Gasteiger partial charge in [0.15, 0.2) is 0 Å². The van der Waals surface area contributed by atoms with Gasteiger partial charge in [-0.2, -0.15) is 0 Å². The maximum absolute atomic E-state index is 13.4. The summed E-state index contributed by atoms with van der Waals surface area (Å²) in [6.07, 6.45) is 1.06. The summed E-state index contributed by atoms with van der Waals surface area (Å²) in [6, 6.07) is 5.36. The minimum absolute atomic E-state index is 0. The first kappa shape index (κ1) is 11.5. The summed E-state index contributed by atoms with van der Waals surface area (Å²) in [5, 5.41) is 3.25. The topological polar surface area (TPSA) is 12.0 Å². The van der Waals surface area contributed by atoms with Crippen molar-refractivity contribution in [1.29, 1.82) is 0 Å². The van der Waals surface area contributed by atoms with Crippen molar-refractivity contribution >= 4 is 12.4 Å². The molecule has 1 atom stereocenters. The average Bonchev–Trinajstić information content (AvgIpc) is 2.61. The molecule has 3 heteroatoms. The quantitative estimate of drug-likeness (QED) is 0.760. The van der Waals surface area contributed by atoms with Gasteiger partial charge in [0.2, 0.25) is 0 Å². The molecule has 0 amide bonds. The predicted molar refractivity (Wildman–Crippen MR) is 58.6 cm³/mol. The molecule has 14 heavy (non-hydrogen) atoms. The first-order valence-corrected chi connectivity index (χ1v) is 4.74. The largest absolute Gasteiger partial charge is 0.316 e. The molecule has 1 N–H and O–H groups in total. The van der Waals surface area contributed by atoms with E-state index in [2.05, 4.69) is 5.32 Å². The maximum atomic E-state index is 13.4. The molecule has 1 aromatic carbocycles. The van der Waals surface area contributed by atoms with Crippen molar-refractivity contribution in [2.75, 3.05) is 13.1 Å². The van der Waals surface area contributed by atoms with Gasteiger partial charge in [-0.3, -0.25) is 0 Å². The molecule has 0 aliphatic carbocycles. The van der Waals surface area contributed by atoms with Gasteiger partial charge in [-0.25, -0.2) is 4.39 Å². The van der Waals surface area contributed by atoms with E-state index in [1.165, 1.54) is 0 Å². The second kappa shape index (κ2) is 4.76. The summed E-state index contributed by atoms with van der Waals surface area (Å²) in [5.41, 5.74) is 2.02. The average molecular weight is 216 g/mol. The first-order valence-electron chi connectivity index (χ1n) is 4.74. The Labute approximate surface area is 90.1 Å². The number of hydrogen-bond donors (Lipinski definition) is 1. The zero-order valence-corrected chi connectivity index (χ0v) is 9.03. The second-order valence-corrected chi connectivity index (χ2v) is 3.71. The summed E-state index contributed by atoms with van der Waals surface area (Å²) in [5.74, 6) is 0.319. The van der Waals surface area contributed by atoms with Gasteiger partial charge in [-0.15, -0.1) is 12.4 Å². The van der Waals surface area contributed by atoms with Crippen LogP contribution in [0, 0.1) is 12.7 Å². The molecule has 0 saturated carbocycles. The molecule has 1 nitrogen and oxygen atoms in total. The zero-order chi connectivity index (χ0) is 9.26. The molecular formula is C11H15ClFN. The number of hydrogen-bond acceptors (Lipinski definition) is 1. The van der Waals surface area contributed by atoms with Gasteiger partial charge >= 0.3 is 0 Å². The fourth-order valence-corrected chi connectivity index (χ4v) is 1.90. The lowest BCUT2D eigenvalue weighted by molar-refractivity contribution is 0.587. The van der Waals surface area contributed by atoms with Crippen LogP contribution in [-0.4, -0.2) is 13.1 Å². The van der Waals surface area contributed by atoms with E-state index >= 15 is 0 Å². The fourth-order valence-electron chi connectivity index (χ4n) is 1.90. The fraction of sp³-hybridized carbons (Fsp3) is 0.455. The third kappa shape index (κ3) is 2.25. The predicted octanol–water partition coefficient (Wildman–Crippen LogP) is 2.63. The van der Waals surface area contributed by atoms with Crippen LogP contribution in [0.2, 0.25) is 0 Å². The minimum Gasteiger partial charge on any atom is -0.316 e. The van der Waals surface area contributed by atoms with Crippen LogP contribution in [-0.2, 0) is 0 Å². The second-order valence-electron chi connectivity index (χ2n) is 3.71. The van der Waals surface area contributed by atoms with Gasteiger partial charge in [0.1, 0.15) is 5.82 Å². The number of halogens is 2. The van der Waals surface area contributed by atoms with Crippen LogP contribution in [0.1, 0.15) is 23.5 Å². The van der Waals surface area contributed by atoms with Gasteiger partial charge < -0.3 is 5.32 Å². The van der Waals surface area contributed by atoms with E-state index in [0.29, 0.717) is 5.92 Å². The Morgan fingerprint density at radius 1 is 1.43 bits per heavy atom. The summed E-state index contributed by atoms with van der Waals surface area (Å²) in [7, 11) is 0. The normalized spacial score (nSPS) is 20.6. The Kier molecular flexibility index (Phi) is 3.90. The molecule has 1 heterocycles. The first-order chi connectivity index (χ1) is 6.27. The Balaban J connectivity index is 0.000000980. The Morgan fingerprint density at radius 2 is 2.21 bits per heavy atom. The van der Waals surface area contributed by atoms with E-state index in [4.69, 9.17) is 0 Å². The summed E-state index contributed by atoms with van der Waals surface area (Å²) >= 11 is 0. The highest BCUT2D eigenvalue weighted by Crippen LogP contribution is 2.25. The van der Waals surface area contributed by atoms with Crippen molar-refractivity contribution in [2.24, 2.45) is 0 Å². The van der Waals surface area contributed by atoms with Crippen LogP contribution in [0.5, 0.6) is 0 Å². The number of aryl methyl sites for hydroxylation is 1. The van der Waals surface area contributed by atoms with Crippen LogP contribution in [0.4, 0.5) is 4.39 Å². The van der Waals surface area contributed by atoms with Gasteiger partial charge in [-0.05, 0) is 31.5 Å². The standard InChI is InChI=1S/C11H14FN.ClH/c1-8-2-3-11(12)10(6-8)9-4-5-13-7-9;/h2-3,6,9,13H,4-5,7H2,1H3;1H. The van der Waals surface area contributed by atoms with E-state index in [1.807, 2.05) is 19.1 Å². The minimum atomic E-state index is -0.0562. The Morgan fingerprint density at radius 3 is 2.86 bits per heavy atom. The number of rotatable bonds is 1.